The quantitative estimate of drug-likeness (QED) is 0.813. The van der Waals surface area contributed by atoms with Gasteiger partial charge in [0.2, 0.25) is 0 Å². The summed E-state index contributed by atoms with van der Waals surface area (Å²) in [5.41, 5.74) is 0.929. The average molecular weight is 279 g/mol. The van der Waals surface area contributed by atoms with Crippen molar-refractivity contribution in [3.8, 4) is 0 Å². The smallest absolute Gasteiger partial charge is 0.407 e. The number of alkyl carbamates (subject to hydrolysis) is 1. The second-order valence-electron chi connectivity index (χ2n) is 4.77. The number of carbonyl (C=O) groups excluding carboxylic acids is 2. The Morgan fingerprint density at radius 2 is 1.85 bits per heavy atom. The fourth-order valence-electron chi connectivity index (χ4n) is 1.85. The number of hydrogen-bond acceptors (Lipinski definition) is 4. The van der Waals surface area contributed by atoms with Crippen molar-refractivity contribution in [1.82, 2.24) is 5.32 Å². The summed E-state index contributed by atoms with van der Waals surface area (Å²) < 4.78 is 9.74. The number of benzene rings is 1. The van der Waals surface area contributed by atoms with Crippen molar-refractivity contribution in [2.75, 3.05) is 7.11 Å². The molecule has 0 aliphatic heterocycles. The number of carbonyl (C=O) groups is 2. The summed E-state index contributed by atoms with van der Waals surface area (Å²) in [5.74, 6) is -0.541. The zero-order valence-electron chi connectivity index (χ0n) is 12.1. The zero-order valence-corrected chi connectivity index (χ0v) is 12.1. The maximum atomic E-state index is 11.6. The molecule has 0 saturated carbocycles. The van der Waals surface area contributed by atoms with Crippen molar-refractivity contribution in [3.05, 3.63) is 35.9 Å². The van der Waals surface area contributed by atoms with Gasteiger partial charge >= 0.3 is 12.1 Å². The lowest BCUT2D eigenvalue weighted by molar-refractivity contribution is -0.145. The molecule has 0 aliphatic carbocycles. The minimum atomic E-state index is -0.488. The lowest BCUT2D eigenvalue weighted by Gasteiger charge is -2.17. The summed E-state index contributed by atoms with van der Waals surface area (Å²) in [6, 6.07) is 9.29. The highest BCUT2D eigenvalue weighted by Gasteiger charge is 2.18. The van der Waals surface area contributed by atoms with Crippen LogP contribution in [-0.2, 0) is 20.9 Å². The summed E-state index contributed by atoms with van der Waals surface area (Å²) in [6.07, 6.45) is 0.0195. The lowest BCUT2D eigenvalue weighted by Crippen LogP contribution is -2.35. The fourth-order valence-corrected chi connectivity index (χ4v) is 1.85. The molecule has 1 N–H and O–H groups in total. The van der Waals surface area contributed by atoms with Crippen LogP contribution in [0.3, 0.4) is 0 Å². The molecule has 5 heteroatoms. The molecule has 110 valence electrons. The number of hydrogen-bond donors (Lipinski definition) is 1. The Labute approximate surface area is 119 Å². The van der Waals surface area contributed by atoms with Crippen LogP contribution in [0.1, 0.15) is 25.8 Å². The summed E-state index contributed by atoms with van der Waals surface area (Å²) in [7, 11) is 1.35. The van der Waals surface area contributed by atoms with Crippen LogP contribution in [0.4, 0.5) is 4.79 Å². The van der Waals surface area contributed by atoms with Crippen LogP contribution in [0.2, 0.25) is 0 Å². The van der Waals surface area contributed by atoms with Gasteiger partial charge in [0.1, 0.15) is 6.61 Å². The van der Waals surface area contributed by atoms with Gasteiger partial charge in [-0.3, -0.25) is 4.79 Å². The number of rotatable bonds is 6. The van der Waals surface area contributed by atoms with Crippen molar-refractivity contribution in [2.24, 2.45) is 5.92 Å². The van der Waals surface area contributed by atoms with Gasteiger partial charge in [-0.2, -0.15) is 0 Å². The molecule has 0 radical (unpaired) electrons. The molecule has 2 atom stereocenters. The molecule has 0 heterocycles. The molecule has 0 bridgehead atoms. The largest absolute Gasteiger partial charge is 0.469 e. The third-order valence-electron chi connectivity index (χ3n) is 2.89. The van der Waals surface area contributed by atoms with Gasteiger partial charge in [-0.1, -0.05) is 37.3 Å². The van der Waals surface area contributed by atoms with Crippen LogP contribution in [0.25, 0.3) is 0 Å². The number of esters is 1. The minimum absolute atomic E-state index is 0.160. The molecule has 0 aromatic heterocycles. The molecule has 20 heavy (non-hydrogen) atoms. The van der Waals surface area contributed by atoms with Crippen LogP contribution in [-0.4, -0.2) is 25.2 Å². The van der Waals surface area contributed by atoms with Crippen molar-refractivity contribution in [1.29, 1.82) is 0 Å². The lowest BCUT2D eigenvalue weighted by atomic mass is 10.0. The molecule has 0 fully saturated rings. The minimum Gasteiger partial charge on any atom is -0.469 e. The summed E-state index contributed by atoms with van der Waals surface area (Å²) >= 11 is 0. The van der Waals surface area contributed by atoms with E-state index < -0.39 is 6.09 Å². The second kappa shape index (κ2) is 8.19. The number of ether oxygens (including phenoxy) is 2. The first-order chi connectivity index (χ1) is 9.52. The van der Waals surface area contributed by atoms with E-state index in [2.05, 4.69) is 10.1 Å². The molecule has 0 unspecified atom stereocenters. The number of nitrogens with one attached hydrogen (secondary N) is 1. The van der Waals surface area contributed by atoms with E-state index in [0.29, 0.717) is 6.42 Å². The Balaban J connectivity index is 2.29. The van der Waals surface area contributed by atoms with Crippen molar-refractivity contribution in [2.45, 2.75) is 32.9 Å². The van der Waals surface area contributed by atoms with Gasteiger partial charge in [-0.05, 0) is 18.9 Å². The maximum Gasteiger partial charge on any atom is 0.407 e. The number of amides is 1. The first-order valence-electron chi connectivity index (χ1n) is 6.58. The van der Waals surface area contributed by atoms with E-state index in [1.54, 1.807) is 6.92 Å². The topological polar surface area (TPSA) is 64.6 Å². The van der Waals surface area contributed by atoms with Gasteiger partial charge in [0.05, 0.1) is 13.0 Å². The first kappa shape index (κ1) is 16.0. The Hall–Kier alpha value is -2.04. The van der Waals surface area contributed by atoms with Crippen molar-refractivity contribution in [3.63, 3.8) is 0 Å². The highest BCUT2D eigenvalue weighted by Crippen LogP contribution is 2.08. The molecule has 0 saturated heterocycles. The van der Waals surface area contributed by atoms with Gasteiger partial charge in [-0.15, -0.1) is 0 Å². The molecule has 1 rings (SSSR count). The van der Waals surface area contributed by atoms with Gasteiger partial charge in [-0.25, -0.2) is 4.79 Å². The van der Waals surface area contributed by atoms with E-state index in [0.717, 1.165) is 5.56 Å². The highest BCUT2D eigenvalue weighted by molar-refractivity contribution is 5.72. The van der Waals surface area contributed by atoms with E-state index in [-0.39, 0.29) is 24.5 Å². The first-order valence-corrected chi connectivity index (χ1v) is 6.58. The van der Waals surface area contributed by atoms with Gasteiger partial charge in [0, 0.05) is 6.04 Å². The Kier molecular flexibility index (Phi) is 6.56. The number of methoxy groups -OCH3 is 1. The summed E-state index contributed by atoms with van der Waals surface area (Å²) in [4.78, 5) is 22.9. The third kappa shape index (κ3) is 5.73. The molecule has 0 spiro atoms. The molecule has 1 aromatic rings. The Morgan fingerprint density at radius 1 is 1.20 bits per heavy atom. The highest BCUT2D eigenvalue weighted by atomic mass is 16.5. The van der Waals surface area contributed by atoms with Crippen LogP contribution in [0.15, 0.2) is 30.3 Å². The van der Waals surface area contributed by atoms with Crippen LogP contribution in [0.5, 0.6) is 0 Å². The second-order valence-corrected chi connectivity index (χ2v) is 4.77. The van der Waals surface area contributed by atoms with Gasteiger partial charge < -0.3 is 14.8 Å². The third-order valence-corrected chi connectivity index (χ3v) is 2.89. The monoisotopic (exact) mass is 279 g/mol. The fraction of sp³-hybridized carbons (Fsp3) is 0.467. The Morgan fingerprint density at radius 3 is 2.45 bits per heavy atom. The predicted molar refractivity (Wildman–Crippen MR) is 75.0 cm³/mol. The normalized spacial score (nSPS) is 13.2. The van der Waals surface area contributed by atoms with E-state index in [9.17, 15) is 9.59 Å². The molecule has 0 aliphatic rings. The molecule has 1 amide bonds. The van der Waals surface area contributed by atoms with Crippen LogP contribution >= 0.6 is 0 Å². The summed E-state index contributed by atoms with van der Waals surface area (Å²) in [5, 5.41) is 2.69. The SMILES string of the molecule is COC(=O)[C@H](C)C[C@@H](C)NC(=O)OCc1ccccc1. The van der Waals surface area contributed by atoms with Crippen molar-refractivity contribution < 1.29 is 19.1 Å². The predicted octanol–water partition coefficient (Wildman–Crippen LogP) is 2.50. The molecule has 1 aromatic carbocycles. The van der Waals surface area contributed by atoms with E-state index in [1.807, 2.05) is 37.3 Å². The maximum absolute atomic E-state index is 11.6. The van der Waals surface area contributed by atoms with Crippen LogP contribution in [0, 0.1) is 5.92 Å². The summed E-state index contributed by atoms with van der Waals surface area (Å²) in [6.45, 7) is 3.81. The van der Waals surface area contributed by atoms with E-state index >= 15 is 0 Å². The van der Waals surface area contributed by atoms with Crippen molar-refractivity contribution >= 4 is 12.1 Å². The molecular weight excluding hydrogens is 258 g/mol. The van der Waals surface area contributed by atoms with Crippen LogP contribution < -0.4 is 5.32 Å². The van der Waals surface area contributed by atoms with E-state index in [1.165, 1.54) is 7.11 Å². The molecular formula is C15H21NO4. The van der Waals surface area contributed by atoms with Gasteiger partial charge in [0.25, 0.3) is 0 Å². The Bertz CT molecular complexity index is 433. The van der Waals surface area contributed by atoms with Gasteiger partial charge in [0.15, 0.2) is 0 Å². The molecule has 5 nitrogen and oxygen atoms in total. The standard InChI is InChI=1S/C15H21NO4/c1-11(14(17)19-3)9-12(2)16-15(18)20-10-13-7-5-4-6-8-13/h4-8,11-12H,9-10H2,1-3H3,(H,16,18)/t11-,12-/m1/s1. The van der Waals surface area contributed by atoms with E-state index in [4.69, 9.17) is 4.74 Å². The average Bonchev–Trinajstić information content (AvgIpc) is 2.45. The zero-order chi connectivity index (χ0) is 15.0.